The van der Waals surface area contributed by atoms with E-state index >= 15 is 0 Å². The van der Waals surface area contributed by atoms with Crippen molar-refractivity contribution in [2.75, 3.05) is 0 Å². The van der Waals surface area contributed by atoms with E-state index in [1.54, 1.807) is 0 Å². The third-order valence-electron chi connectivity index (χ3n) is 4.44. The van der Waals surface area contributed by atoms with Gasteiger partial charge in [0, 0.05) is 11.1 Å². The highest BCUT2D eigenvalue weighted by Gasteiger charge is 2.04. The first-order valence-corrected chi connectivity index (χ1v) is 10.6. The first-order chi connectivity index (χ1) is 13.8. The summed E-state index contributed by atoms with van der Waals surface area (Å²) in [4.78, 5) is 0. The lowest BCUT2D eigenvalue weighted by atomic mass is 9.95. The summed E-state index contributed by atoms with van der Waals surface area (Å²) >= 11 is 0. The van der Waals surface area contributed by atoms with Gasteiger partial charge in [0.25, 0.3) is 0 Å². The van der Waals surface area contributed by atoms with Gasteiger partial charge in [-0.1, -0.05) is 110 Å². The van der Waals surface area contributed by atoms with Crippen LogP contribution in [-0.4, -0.2) is 0 Å². The van der Waals surface area contributed by atoms with E-state index in [4.69, 9.17) is 0 Å². The molecule has 0 bridgehead atoms. The summed E-state index contributed by atoms with van der Waals surface area (Å²) in [5.74, 6) is 7.06. The van der Waals surface area contributed by atoms with Crippen molar-refractivity contribution in [3.8, 4) is 11.8 Å². The number of aryl methyl sites for hydroxylation is 4. The SMILES string of the molecule is CC.Cc1ccc(C#Cc2ccc(C)cc2C(C)C)cc1.Cc1ccc(C)cc1. The maximum Gasteiger partial charge on any atom is 0.0283 e. The molecule has 29 heavy (non-hydrogen) atoms. The Balaban J connectivity index is 0.000000351. The molecule has 0 unspecified atom stereocenters. The van der Waals surface area contributed by atoms with E-state index in [2.05, 4.69) is 120 Å². The molecule has 152 valence electrons. The van der Waals surface area contributed by atoms with Gasteiger partial charge in [-0.2, -0.15) is 0 Å². The molecule has 0 heterocycles. The molecular weight excluding hydrogens is 348 g/mol. The maximum absolute atomic E-state index is 3.31. The molecule has 0 spiro atoms. The van der Waals surface area contributed by atoms with Crippen LogP contribution in [-0.2, 0) is 0 Å². The Kier molecular flexibility index (Phi) is 10.6. The second kappa shape index (κ2) is 12.6. The average Bonchev–Trinajstić information content (AvgIpc) is 2.72. The van der Waals surface area contributed by atoms with Crippen molar-refractivity contribution in [3.63, 3.8) is 0 Å². The van der Waals surface area contributed by atoms with Crippen LogP contribution >= 0.6 is 0 Å². The molecule has 3 aromatic carbocycles. The topological polar surface area (TPSA) is 0 Å². The van der Waals surface area contributed by atoms with E-state index in [1.807, 2.05) is 13.8 Å². The van der Waals surface area contributed by atoms with Gasteiger partial charge in [-0.25, -0.2) is 0 Å². The second-order valence-electron chi connectivity index (χ2n) is 7.52. The van der Waals surface area contributed by atoms with Crippen molar-refractivity contribution in [2.45, 2.75) is 61.3 Å². The van der Waals surface area contributed by atoms with Crippen molar-refractivity contribution in [3.05, 3.63) is 106 Å². The van der Waals surface area contributed by atoms with Crippen LogP contribution in [0.4, 0.5) is 0 Å². The lowest BCUT2D eigenvalue weighted by Crippen LogP contribution is -1.93. The van der Waals surface area contributed by atoms with Gasteiger partial charge in [0.2, 0.25) is 0 Å². The number of rotatable bonds is 1. The fourth-order valence-electron chi connectivity index (χ4n) is 2.69. The largest absolute Gasteiger partial charge is 0.0683 e. The molecular formula is C29H36. The summed E-state index contributed by atoms with van der Waals surface area (Å²) in [6.45, 7) is 16.8. The smallest absolute Gasteiger partial charge is 0.0283 e. The zero-order valence-corrected chi connectivity index (χ0v) is 19.4. The van der Waals surface area contributed by atoms with E-state index < -0.39 is 0 Å². The Bertz CT molecular complexity index is 894. The fraction of sp³-hybridized carbons (Fsp3) is 0.310. The first kappa shape index (κ1) is 24.3. The molecule has 0 amide bonds. The molecule has 0 aromatic heterocycles. The molecule has 3 rings (SSSR count). The van der Waals surface area contributed by atoms with Crippen LogP contribution in [0.1, 0.15) is 72.6 Å². The van der Waals surface area contributed by atoms with Gasteiger partial charge in [0.15, 0.2) is 0 Å². The number of hydrogen-bond acceptors (Lipinski definition) is 0. The molecule has 0 nitrogen and oxygen atoms in total. The minimum atomic E-state index is 0.502. The summed E-state index contributed by atoms with van der Waals surface area (Å²) in [5.41, 5.74) is 8.77. The summed E-state index contributed by atoms with van der Waals surface area (Å²) in [7, 11) is 0. The first-order valence-electron chi connectivity index (χ1n) is 10.6. The molecule has 0 saturated heterocycles. The van der Waals surface area contributed by atoms with E-state index in [9.17, 15) is 0 Å². The second-order valence-corrected chi connectivity index (χ2v) is 7.52. The lowest BCUT2D eigenvalue weighted by Gasteiger charge is -2.09. The van der Waals surface area contributed by atoms with E-state index in [1.165, 1.54) is 27.8 Å². The normalized spacial score (nSPS) is 9.41. The van der Waals surface area contributed by atoms with Crippen molar-refractivity contribution in [1.82, 2.24) is 0 Å². The molecule has 0 aliphatic heterocycles. The summed E-state index contributed by atoms with van der Waals surface area (Å²) in [6, 6.07) is 23.3. The van der Waals surface area contributed by atoms with Gasteiger partial charge >= 0.3 is 0 Å². The molecule has 0 fully saturated rings. The third kappa shape index (κ3) is 8.84. The Morgan fingerprint density at radius 2 is 0.966 bits per heavy atom. The number of benzene rings is 3. The van der Waals surface area contributed by atoms with E-state index in [0.717, 1.165) is 11.1 Å². The lowest BCUT2D eigenvalue weighted by molar-refractivity contribution is 0.861. The molecule has 0 heteroatoms. The zero-order valence-electron chi connectivity index (χ0n) is 19.4. The highest BCUT2D eigenvalue weighted by atomic mass is 14.1. The van der Waals surface area contributed by atoms with Gasteiger partial charge in [-0.3, -0.25) is 0 Å². The van der Waals surface area contributed by atoms with Crippen LogP contribution in [0.5, 0.6) is 0 Å². The molecule has 0 atom stereocenters. The Labute approximate surface area is 179 Å². The van der Waals surface area contributed by atoms with Gasteiger partial charge in [0.05, 0.1) is 0 Å². The molecule has 0 aliphatic rings. The van der Waals surface area contributed by atoms with Gasteiger partial charge in [-0.15, -0.1) is 0 Å². The van der Waals surface area contributed by atoms with Crippen LogP contribution < -0.4 is 0 Å². The Morgan fingerprint density at radius 1 is 0.552 bits per heavy atom. The monoisotopic (exact) mass is 384 g/mol. The molecule has 0 aliphatic carbocycles. The maximum atomic E-state index is 3.31. The minimum absolute atomic E-state index is 0.502. The molecule has 0 N–H and O–H groups in total. The molecule has 0 saturated carbocycles. The van der Waals surface area contributed by atoms with Crippen molar-refractivity contribution in [1.29, 1.82) is 0 Å². The van der Waals surface area contributed by atoms with Crippen molar-refractivity contribution >= 4 is 0 Å². The van der Waals surface area contributed by atoms with Crippen LogP contribution in [0.3, 0.4) is 0 Å². The predicted molar refractivity (Wildman–Crippen MR) is 130 cm³/mol. The summed E-state index contributed by atoms with van der Waals surface area (Å²) in [5, 5.41) is 0. The van der Waals surface area contributed by atoms with E-state index in [0.29, 0.717) is 5.92 Å². The quantitative estimate of drug-likeness (QED) is 0.371. The van der Waals surface area contributed by atoms with Crippen molar-refractivity contribution in [2.24, 2.45) is 0 Å². The highest BCUT2D eigenvalue weighted by molar-refractivity contribution is 5.48. The highest BCUT2D eigenvalue weighted by Crippen LogP contribution is 2.20. The van der Waals surface area contributed by atoms with Crippen LogP contribution in [0.15, 0.2) is 66.7 Å². The Morgan fingerprint density at radius 3 is 1.41 bits per heavy atom. The van der Waals surface area contributed by atoms with Crippen LogP contribution in [0.25, 0.3) is 0 Å². The van der Waals surface area contributed by atoms with Crippen molar-refractivity contribution < 1.29 is 0 Å². The standard InChI is InChI=1S/C19H20.C8H10.C2H6/c1-14(2)19-13-16(4)7-11-18(19)12-10-17-8-5-15(3)6-9-17;1-7-3-5-8(2)6-4-7;1-2/h5-9,11,13-14H,1-4H3;3-6H,1-2H3;1-2H3. The molecule has 3 aromatic rings. The van der Waals surface area contributed by atoms with Gasteiger partial charge < -0.3 is 0 Å². The third-order valence-corrected chi connectivity index (χ3v) is 4.44. The zero-order chi connectivity index (χ0) is 21.8. The minimum Gasteiger partial charge on any atom is -0.0683 e. The Hall–Kier alpha value is -2.78. The van der Waals surface area contributed by atoms with E-state index in [-0.39, 0.29) is 0 Å². The fourth-order valence-corrected chi connectivity index (χ4v) is 2.69. The van der Waals surface area contributed by atoms with Crippen LogP contribution in [0.2, 0.25) is 0 Å². The van der Waals surface area contributed by atoms with Gasteiger partial charge in [-0.05, 0) is 57.4 Å². The predicted octanol–water partition coefficient (Wildman–Crippen LogP) is 8.16. The average molecular weight is 385 g/mol. The number of hydrogen-bond donors (Lipinski definition) is 0. The van der Waals surface area contributed by atoms with Crippen LogP contribution in [0, 0.1) is 39.5 Å². The summed E-state index contributed by atoms with van der Waals surface area (Å²) in [6.07, 6.45) is 0. The van der Waals surface area contributed by atoms with Gasteiger partial charge in [0.1, 0.15) is 0 Å². The summed E-state index contributed by atoms with van der Waals surface area (Å²) < 4.78 is 0. The molecule has 0 radical (unpaired) electrons.